The Morgan fingerprint density at radius 3 is 2.56 bits per heavy atom. The fourth-order valence-electron chi connectivity index (χ4n) is 4.21. The minimum Gasteiger partial charge on any atom is -0.353 e. The number of halogens is 3. The number of aromatic nitrogens is 4. The van der Waals surface area contributed by atoms with E-state index in [0.29, 0.717) is 22.5 Å². The van der Waals surface area contributed by atoms with Gasteiger partial charge in [0.2, 0.25) is 11.6 Å². The second kappa shape index (κ2) is 8.47. The largest absolute Gasteiger partial charge is 0.416 e. The van der Waals surface area contributed by atoms with Gasteiger partial charge in [-0.25, -0.2) is 18.9 Å². The van der Waals surface area contributed by atoms with E-state index in [1.54, 1.807) is 12.1 Å². The minimum atomic E-state index is -4.53. The molecular formula is C23H21F3N6O2. The summed E-state index contributed by atoms with van der Waals surface area (Å²) >= 11 is 0. The molecular weight excluding hydrogens is 449 g/mol. The van der Waals surface area contributed by atoms with Gasteiger partial charge in [0.15, 0.2) is 5.82 Å². The van der Waals surface area contributed by atoms with Crippen molar-refractivity contribution in [1.29, 1.82) is 0 Å². The summed E-state index contributed by atoms with van der Waals surface area (Å²) in [6.07, 6.45) is -1.40. The molecule has 11 heteroatoms. The first kappa shape index (κ1) is 21.9. The SMILES string of the molecule is O=C(Cn1nc2c(N3CCCCC3)nc3ccccc3n2c1=O)Nc1cccc(C(F)(F)F)c1. The van der Waals surface area contributed by atoms with Gasteiger partial charge in [0, 0.05) is 18.8 Å². The Hall–Kier alpha value is -3.89. The van der Waals surface area contributed by atoms with E-state index >= 15 is 0 Å². The zero-order valence-electron chi connectivity index (χ0n) is 18.0. The van der Waals surface area contributed by atoms with Crippen LogP contribution in [0.5, 0.6) is 0 Å². The summed E-state index contributed by atoms with van der Waals surface area (Å²) in [5.41, 5.74) is 0.124. The summed E-state index contributed by atoms with van der Waals surface area (Å²) in [5.74, 6) is -0.0887. The normalized spacial score (nSPS) is 14.6. The van der Waals surface area contributed by atoms with Crippen LogP contribution in [0.15, 0.2) is 53.3 Å². The zero-order valence-corrected chi connectivity index (χ0v) is 18.0. The van der Waals surface area contributed by atoms with Gasteiger partial charge in [0.25, 0.3) is 0 Å². The second-order valence-corrected chi connectivity index (χ2v) is 8.20. The number of hydrogen-bond acceptors (Lipinski definition) is 5. The number of carbonyl (C=O) groups is 1. The first-order valence-electron chi connectivity index (χ1n) is 10.9. The number of alkyl halides is 3. The molecule has 1 aliphatic rings. The van der Waals surface area contributed by atoms with Gasteiger partial charge >= 0.3 is 11.9 Å². The van der Waals surface area contributed by atoms with Gasteiger partial charge in [-0.1, -0.05) is 18.2 Å². The van der Waals surface area contributed by atoms with Gasteiger partial charge in [0.1, 0.15) is 6.54 Å². The van der Waals surface area contributed by atoms with Crippen molar-refractivity contribution in [2.45, 2.75) is 32.0 Å². The van der Waals surface area contributed by atoms with Crippen LogP contribution < -0.4 is 15.9 Å². The molecule has 0 unspecified atom stereocenters. The summed E-state index contributed by atoms with van der Waals surface area (Å²) in [5, 5.41) is 6.81. The molecule has 3 heterocycles. The molecule has 2 aromatic carbocycles. The molecule has 8 nitrogen and oxygen atoms in total. The molecule has 1 saturated heterocycles. The van der Waals surface area contributed by atoms with Crippen molar-refractivity contribution in [3.8, 4) is 0 Å². The van der Waals surface area contributed by atoms with Gasteiger partial charge in [-0.2, -0.15) is 13.2 Å². The molecule has 2 aromatic heterocycles. The Balaban J connectivity index is 1.51. The standard InChI is InChI=1S/C23H21F3N6O2/c24-23(25,26)15-7-6-8-16(13-15)27-19(33)14-31-22(34)32-18-10-3-2-9-17(18)28-20(21(32)29-31)30-11-4-1-5-12-30/h2-3,6-10,13H,1,4-5,11-12,14H2,(H,27,33). The molecule has 0 radical (unpaired) electrons. The number of piperidine rings is 1. The van der Waals surface area contributed by atoms with Crippen molar-refractivity contribution >= 4 is 34.1 Å². The van der Waals surface area contributed by atoms with Gasteiger partial charge in [0.05, 0.1) is 16.6 Å². The number of anilines is 2. The predicted octanol–water partition coefficient (Wildman–Crippen LogP) is 3.69. The molecule has 0 atom stereocenters. The molecule has 1 fully saturated rings. The van der Waals surface area contributed by atoms with Crippen LogP contribution in [0, 0.1) is 0 Å². The number of hydrogen-bond donors (Lipinski definition) is 1. The maximum atomic E-state index is 13.2. The minimum absolute atomic E-state index is 0.0160. The monoisotopic (exact) mass is 470 g/mol. The van der Waals surface area contributed by atoms with Crippen LogP contribution in [0.25, 0.3) is 16.7 Å². The Bertz CT molecular complexity index is 1440. The van der Waals surface area contributed by atoms with Gasteiger partial charge in [-0.05, 0) is 49.6 Å². The fourth-order valence-corrected chi connectivity index (χ4v) is 4.21. The van der Waals surface area contributed by atoms with Crippen molar-refractivity contribution < 1.29 is 18.0 Å². The van der Waals surface area contributed by atoms with Crippen LogP contribution in [-0.4, -0.2) is 38.2 Å². The van der Waals surface area contributed by atoms with Gasteiger partial charge < -0.3 is 10.2 Å². The summed E-state index contributed by atoms with van der Waals surface area (Å²) < 4.78 is 41.3. The van der Waals surface area contributed by atoms with Crippen LogP contribution in [0.2, 0.25) is 0 Å². The lowest BCUT2D eigenvalue weighted by Gasteiger charge is -2.27. The lowest BCUT2D eigenvalue weighted by Crippen LogP contribution is -2.31. The molecule has 176 valence electrons. The lowest BCUT2D eigenvalue weighted by atomic mass is 10.1. The third kappa shape index (κ3) is 4.09. The van der Waals surface area contributed by atoms with E-state index in [4.69, 9.17) is 4.98 Å². The smallest absolute Gasteiger partial charge is 0.353 e. The maximum absolute atomic E-state index is 13.2. The van der Waals surface area contributed by atoms with E-state index in [1.807, 2.05) is 12.1 Å². The fraction of sp³-hybridized carbons (Fsp3) is 0.304. The highest BCUT2D eigenvalue weighted by atomic mass is 19.4. The third-order valence-corrected chi connectivity index (χ3v) is 5.81. The molecule has 0 aliphatic carbocycles. The maximum Gasteiger partial charge on any atom is 0.416 e. The number of carbonyl (C=O) groups excluding carboxylic acids is 1. The van der Waals surface area contributed by atoms with Crippen LogP contribution in [0.1, 0.15) is 24.8 Å². The highest BCUT2D eigenvalue weighted by Gasteiger charge is 2.30. The number of fused-ring (bicyclic) bond motifs is 3. The molecule has 1 aliphatic heterocycles. The Labute approximate surface area is 191 Å². The van der Waals surface area contributed by atoms with Crippen LogP contribution in [-0.2, 0) is 17.5 Å². The van der Waals surface area contributed by atoms with E-state index in [9.17, 15) is 22.8 Å². The molecule has 4 aromatic rings. The number of benzene rings is 2. The molecule has 1 amide bonds. The molecule has 0 bridgehead atoms. The quantitative estimate of drug-likeness (QED) is 0.492. The van der Waals surface area contributed by atoms with Crippen molar-refractivity contribution in [2.75, 3.05) is 23.3 Å². The average molecular weight is 470 g/mol. The summed E-state index contributed by atoms with van der Waals surface area (Å²) in [7, 11) is 0. The Morgan fingerprint density at radius 1 is 1.03 bits per heavy atom. The first-order valence-corrected chi connectivity index (χ1v) is 10.9. The predicted molar refractivity (Wildman–Crippen MR) is 121 cm³/mol. The van der Waals surface area contributed by atoms with Crippen LogP contribution in [0.3, 0.4) is 0 Å². The van der Waals surface area contributed by atoms with Crippen molar-refractivity contribution in [3.05, 3.63) is 64.6 Å². The van der Waals surface area contributed by atoms with E-state index < -0.39 is 29.9 Å². The molecule has 0 spiro atoms. The molecule has 5 rings (SSSR count). The number of amides is 1. The molecule has 34 heavy (non-hydrogen) atoms. The summed E-state index contributed by atoms with van der Waals surface area (Å²) in [6.45, 7) is 1.13. The van der Waals surface area contributed by atoms with Gasteiger partial charge in [-0.15, -0.1) is 5.10 Å². The molecule has 1 N–H and O–H groups in total. The number of para-hydroxylation sites is 2. The van der Waals surface area contributed by atoms with Crippen LogP contribution >= 0.6 is 0 Å². The number of nitrogens with one attached hydrogen (secondary N) is 1. The van der Waals surface area contributed by atoms with E-state index in [-0.39, 0.29) is 5.69 Å². The number of nitrogens with zero attached hydrogens (tertiary/aromatic N) is 5. The van der Waals surface area contributed by atoms with Crippen molar-refractivity contribution in [2.24, 2.45) is 0 Å². The van der Waals surface area contributed by atoms with Gasteiger partial charge in [-0.3, -0.25) is 4.79 Å². The second-order valence-electron chi connectivity index (χ2n) is 8.20. The van der Waals surface area contributed by atoms with Crippen molar-refractivity contribution in [3.63, 3.8) is 0 Å². The van der Waals surface area contributed by atoms with E-state index in [2.05, 4.69) is 15.3 Å². The molecule has 0 saturated carbocycles. The summed E-state index contributed by atoms with van der Waals surface area (Å²) in [6, 6.07) is 11.5. The van der Waals surface area contributed by atoms with E-state index in [1.165, 1.54) is 16.5 Å². The first-order chi connectivity index (χ1) is 16.3. The van der Waals surface area contributed by atoms with Crippen LogP contribution in [0.4, 0.5) is 24.7 Å². The Morgan fingerprint density at radius 2 is 1.79 bits per heavy atom. The Kier molecular flexibility index (Phi) is 5.46. The lowest BCUT2D eigenvalue weighted by molar-refractivity contribution is -0.137. The number of rotatable bonds is 4. The topological polar surface area (TPSA) is 84.5 Å². The highest BCUT2D eigenvalue weighted by molar-refractivity contribution is 5.90. The highest BCUT2D eigenvalue weighted by Crippen LogP contribution is 2.30. The zero-order chi connectivity index (χ0) is 23.9. The van der Waals surface area contributed by atoms with Crippen molar-refractivity contribution in [1.82, 2.24) is 19.2 Å². The summed E-state index contributed by atoms with van der Waals surface area (Å²) in [4.78, 5) is 32.7. The average Bonchev–Trinajstić information content (AvgIpc) is 3.14. The van der Waals surface area contributed by atoms with E-state index in [0.717, 1.165) is 49.2 Å². The third-order valence-electron chi connectivity index (χ3n) is 5.81.